The van der Waals surface area contributed by atoms with E-state index in [4.69, 9.17) is 0 Å². The second kappa shape index (κ2) is 2.02. The highest BCUT2D eigenvalue weighted by Gasteiger charge is 2.42. The van der Waals surface area contributed by atoms with Gasteiger partial charge in [-0.3, -0.25) is 0 Å². The Morgan fingerprint density at radius 3 is 2.56 bits per heavy atom. The Balaban J connectivity index is 2.68. The molecule has 0 radical (unpaired) electrons. The van der Waals surface area contributed by atoms with Crippen molar-refractivity contribution in [2.75, 3.05) is 0 Å². The van der Waals surface area contributed by atoms with E-state index < -0.39 is 0 Å². The Hall–Kier alpha value is -0.520. The number of hydrogen-bond donors (Lipinski definition) is 0. The molecule has 1 unspecified atom stereocenters. The summed E-state index contributed by atoms with van der Waals surface area (Å²) in [4.78, 5) is 0. The molecule has 1 rings (SSSR count). The third-order valence-electron chi connectivity index (χ3n) is 2.39. The maximum absolute atomic E-state index is 3.82. The molecule has 1 aliphatic carbocycles. The van der Waals surface area contributed by atoms with Crippen LogP contribution in [0.1, 0.15) is 26.7 Å². The molecule has 1 fully saturated rings. The Labute approximate surface area is 57.3 Å². The summed E-state index contributed by atoms with van der Waals surface area (Å²) < 4.78 is 0. The van der Waals surface area contributed by atoms with Crippen LogP contribution in [0.5, 0.6) is 0 Å². The highest BCUT2D eigenvalue weighted by molar-refractivity contribution is 5.37. The van der Waals surface area contributed by atoms with Crippen molar-refractivity contribution in [3.63, 3.8) is 0 Å². The normalized spacial score (nSPS) is 36.9. The van der Waals surface area contributed by atoms with Crippen molar-refractivity contribution >= 4 is 0 Å². The van der Waals surface area contributed by atoms with Gasteiger partial charge in [0.05, 0.1) is 0 Å². The van der Waals surface area contributed by atoms with Gasteiger partial charge in [-0.15, -0.1) is 6.58 Å². The van der Waals surface area contributed by atoms with E-state index in [-0.39, 0.29) is 0 Å². The zero-order valence-electron chi connectivity index (χ0n) is 6.28. The second-order valence-electron chi connectivity index (χ2n) is 2.70. The number of hydrogen-bond acceptors (Lipinski definition) is 0. The monoisotopic (exact) mass is 122 g/mol. The van der Waals surface area contributed by atoms with Crippen molar-refractivity contribution in [3.05, 3.63) is 24.3 Å². The predicted molar refractivity (Wildman–Crippen MR) is 41.3 cm³/mol. The minimum Gasteiger partial charge on any atom is -0.102 e. The molecule has 1 atom stereocenters. The standard InChI is InChI=1S/C9H14/c1-4-8-7-9(8,5-2)6-3/h4-5H,2,6-7H2,1,3H3. The lowest BCUT2D eigenvalue weighted by Gasteiger charge is -2.01. The molecule has 0 aromatic heterocycles. The van der Waals surface area contributed by atoms with Crippen LogP contribution in [0.25, 0.3) is 0 Å². The maximum atomic E-state index is 3.82. The molecule has 0 aromatic carbocycles. The average molecular weight is 122 g/mol. The lowest BCUT2D eigenvalue weighted by molar-refractivity contribution is 0.655. The molecule has 0 aliphatic heterocycles. The third-order valence-corrected chi connectivity index (χ3v) is 2.39. The fraction of sp³-hybridized carbons (Fsp3) is 0.556. The smallest absolute Gasteiger partial charge is 0.0123 e. The fourth-order valence-corrected chi connectivity index (χ4v) is 1.38. The van der Waals surface area contributed by atoms with Gasteiger partial charge in [-0.05, 0) is 19.8 Å². The molecular formula is C9H14. The van der Waals surface area contributed by atoms with Crippen LogP contribution in [0.15, 0.2) is 24.3 Å². The summed E-state index contributed by atoms with van der Waals surface area (Å²) >= 11 is 0. The van der Waals surface area contributed by atoms with Crippen molar-refractivity contribution in [2.45, 2.75) is 26.7 Å². The van der Waals surface area contributed by atoms with E-state index in [9.17, 15) is 0 Å². The van der Waals surface area contributed by atoms with Crippen LogP contribution in [0, 0.1) is 5.41 Å². The number of rotatable bonds is 2. The zero-order chi connectivity index (χ0) is 6.91. The zero-order valence-corrected chi connectivity index (χ0v) is 6.28. The van der Waals surface area contributed by atoms with Crippen molar-refractivity contribution < 1.29 is 0 Å². The highest BCUT2D eigenvalue weighted by Crippen LogP contribution is 2.55. The van der Waals surface area contributed by atoms with Crippen LogP contribution in [0.2, 0.25) is 0 Å². The van der Waals surface area contributed by atoms with Gasteiger partial charge in [-0.1, -0.05) is 24.6 Å². The Bertz CT molecular complexity index is 153. The fourth-order valence-electron chi connectivity index (χ4n) is 1.38. The van der Waals surface area contributed by atoms with Gasteiger partial charge in [0.1, 0.15) is 0 Å². The molecule has 1 saturated carbocycles. The van der Waals surface area contributed by atoms with E-state index in [0.29, 0.717) is 5.41 Å². The van der Waals surface area contributed by atoms with Crippen molar-refractivity contribution in [2.24, 2.45) is 5.41 Å². The van der Waals surface area contributed by atoms with Crippen LogP contribution < -0.4 is 0 Å². The molecule has 0 saturated heterocycles. The Morgan fingerprint density at radius 1 is 1.78 bits per heavy atom. The minimum absolute atomic E-state index is 0.425. The first-order valence-corrected chi connectivity index (χ1v) is 3.58. The van der Waals surface area contributed by atoms with Gasteiger partial charge >= 0.3 is 0 Å². The van der Waals surface area contributed by atoms with E-state index >= 15 is 0 Å². The summed E-state index contributed by atoms with van der Waals surface area (Å²) in [6.07, 6.45) is 6.77. The maximum Gasteiger partial charge on any atom is 0.0123 e. The van der Waals surface area contributed by atoms with Gasteiger partial charge in [-0.25, -0.2) is 0 Å². The molecule has 0 heteroatoms. The summed E-state index contributed by atoms with van der Waals surface area (Å²) in [6, 6.07) is 0. The van der Waals surface area contributed by atoms with E-state index in [0.717, 1.165) is 0 Å². The van der Waals surface area contributed by atoms with Crippen LogP contribution in [0.4, 0.5) is 0 Å². The van der Waals surface area contributed by atoms with E-state index in [1.807, 2.05) is 0 Å². The third kappa shape index (κ3) is 0.827. The van der Waals surface area contributed by atoms with E-state index in [1.165, 1.54) is 12.8 Å². The van der Waals surface area contributed by atoms with Crippen molar-refractivity contribution in [1.29, 1.82) is 0 Å². The van der Waals surface area contributed by atoms with Crippen LogP contribution in [-0.4, -0.2) is 0 Å². The molecular weight excluding hydrogens is 108 g/mol. The van der Waals surface area contributed by atoms with Gasteiger partial charge in [0.25, 0.3) is 0 Å². The summed E-state index contributed by atoms with van der Waals surface area (Å²) in [7, 11) is 0. The quantitative estimate of drug-likeness (QED) is 0.494. The van der Waals surface area contributed by atoms with Gasteiger partial charge < -0.3 is 0 Å². The predicted octanol–water partition coefficient (Wildman–Crippen LogP) is 2.92. The largest absolute Gasteiger partial charge is 0.102 e. The van der Waals surface area contributed by atoms with Gasteiger partial charge in [0.2, 0.25) is 0 Å². The highest BCUT2D eigenvalue weighted by atomic mass is 14.5. The second-order valence-corrected chi connectivity index (χ2v) is 2.70. The molecule has 0 spiro atoms. The molecule has 0 amide bonds. The first-order chi connectivity index (χ1) is 4.29. The van der Waals surface area contributed by atoms with Gasteiger partial charge in [0.15, 0.2) is 0 Å². The molecule has 1 aliphatic rings. The molecule has 0 nitrogen and oxygen atoms in total. The molecule has 0 aromatic rings. The van der Waals surface area contributed by atoms with E-state index in [2.05, 4.69) is 32.6 Å². The molecule has 50 valence electrons. The van der Waals surface area contributed by atoms with Gasteiger partial charge in [-0.2, -0.15) is 0 Å². The molecule has 9 heavy (non-hydrogen) atoms. The Morgan fingerprint density at radius 2 is 2.44 bits per heavy atom. The number of allylic oxidation sites excluding steroid dienone is 3. The first-order valence-electron chi connectivity index (χ1n) is 3.58. The van der Waals surface area contributed by atoms with Gasteiger partial charge in [0, 0.05) is 5.41 Å². The Kier molecular flexibility index (Phi) is 1.48. The summed E-state index contributed by atoms with van der Waals surface area (Å²) in [5.74, 6) is 0. The minimum atomic E-state index is 0.425. The topological polar surface area (TPSA) is 0 Å². The first kappa shape index (κ1) is 6.60. The summed E-state index contributed by atoms with van der Waals surface area (Å²) in [6.45, 7) is 8.15. The molecule has 0 N–H and O–H groups in total. The molecule has 0 bridgehead atoms. The van der Waals surface area contributed by atoms with Crippen LogP contribution >= 0.6 is 0 Å². The van der Waals surface area contributed by atoms with Crippen LogP contribution in [-0.2, 0) is 0 Å². The van der Waals surface area contributed by atoms with Crippen molar-refractivity contribution in [3.8, 4) is 0 Å². The van der Waals surface area contributed by atoms with E-state index in [1.54, 1.807) is 5.57 Å². The average Bonchev–Trinajstić information content (AvgIpc) is 2.63. The van der Waals surface area contributed by atoms with Crippen LogP contribution in [0.3, 0.4) is 0 Å². The lowest BCUT2D eigenvalue weighted by Crippen LogP contribution is -1.90. The summed E-state index contributed by atoms with van der Waals surface area (Å²) in [5.41, 5.74) is 1.99. The SMILES string of the molecule is C=CC1(CC)CC1=CC. The summed E-state index contributed by atoms with van der Waals surface area (Å²) in [5, 5.41) is 0. The lowest BCUT2D eigenvalue weighted by atomic mass is 10.0. The molecule has 0 heterocycles. The van der Waals surface area contributed by atoms with Crippen molar-refractivity contribution in [1.82, 2.24) is 0 Å².